The van der Waals surface area contributed by atoms with Crippen LogP contribution in [0, 0.1) is 5.92 Å². The number of aromatic nitrogens is 2. The maximum Gasteiger partial charge on any atom is 0.0949 e. The molecule has 4 heteroatoms. The zero-order valence-corrected chi connectivity index (χ0v) is 10.6. The molecule has 0 bridgehead atoms. The Hall–Kier alpha value is -0.870. The van der Waals surface area contributed by atoms with Gasteiger partial charge < -0.3 is 14.6 Å². The average Bonchev–Trinajstić information content (AvgIpc) is 2.66. The number of hydrogen-bond acceptors (Lipinski definition) is 3. The molecule has 0 aliphatic carbocycles. The molecule has 0 amide bonds. The van der Waals surface area contributed by atoms with Crippen LogP contribution in [0.15, 0.2) is 12.5 Å². The number of imidazole rings is 1. The van der Waals surface area contributed by atoms with Crippen molar-refractivity contribution >= 4 is 0 Å². The van der Waals surface area contributed by atoms with Crippen LogP contribution in [0.2, 0.25) is 0 Å². The van der Waals surface area contributed by atoms with Crippen LogP contribution >= 0.6 is 0 Å². The van der Waals surface area contributed by atoms with Crippen LogP contribution in [0.4, 0.5) is 0 Å². The molecule has 0 saturated carbocycles. The Morgan fingerprint density at radius 1 is 1.50 bits per heavy atom. The monoisotopic (exact) mass is 225 g/mol. The second kappa shape index (κ2) is 7.41. The Morgan fingerprint density at radius 2 is 2.31 bits per heavy atom. The van der Waals surface area contributed by atoms with E-state index in [2.05, 4.69) is 28.7 Å². The van der Waals surface area contributed by atoms with Gasteiger partial charge in [0.05, 0.1) is 18.6 Å². The Kier molecular flexibility index (Phi) is 6.11. The highest BCUT2D eigenvalue weighted by Crippen LogP contribution is 1.99. The van der Waals surface area contributed by atoms with Crippen molar-refractivity contribution in [3.63, 3.8) is 0 Å². The molecule has 1 aromatic rings. The van der Waals surface area contributed by atoms with Crippen molar-refractivity contribution < 1.29 is 4.74 Å². The molecule has 0 unspecified atom stereocenters. The van der Waals surface area contributed by atoms with Crippen molar-refractivity contribution in [3.8, 4) is 0 Å². The number of ether oxygens (including phenoxy) is 1. The summed E-state index contributed by atoms with van der Waals surface area (Å²) in [6.07, 6.45) is 3.78. The van der Waals surface area contributed by atoms with Gasteiger partial charge in [-0.05, 0) is 19.4 Å². The zero-order valence-electron chi connectivity index (χ0n) is 10.6. The molecule has 0 atom stereocenters. The van der Waals surface area contributed by atoms with Crippen LogP contribution in [-0.4, -0.2) is 29.3 Å². The molecule has 0 aromatic carbocycles. The minimum absolute atomic E-state index is 0.680. The van der Waals surface area contributed by atoms with E-state index >= 15 is 0 Å². The van der Waals surface area contributed by atoms with Crippen LogP contribution in [0.1, 0.15) is 26.5 Å². The molecule has 4 nitrogen and oxygen atoms in total. The highest BCUT2D eigenvalue weighted by Gasteiger charge is 2.01. The molecule has 1 N–H and O–H groups in total. The van der Waals surface area contributed by atoms with Gasteiger partial charge in [-0.1, -0.05) is 13.8 Å². The first-order chi connectivity index (χ1) is 7.74. The average molecular weight is 225 g/mol. The van der Waals surface area contributed by atoms with E-state index in [9.17, 15) is 0 Å². The molecular formula is C12H23N3O. The topological polar surface area (TPSA) is 39.1 Å². The molecule has 16 heavy (non-hydrogen) atoms. The zero-order chi connectivity index (χ0) is 11.8. The van der Waals surface area contributed by atoms with E-state index in [1.165, 1.54) is 5.69 Å². The van der Waals surface area contributed by atoms with Crippen molar-refractivity contribution in [2.75, 3.05) is 19.8 Å². The first kappa shape index (κ1) is 13.2. The summed E-state index contributed by atoms with van der Waals surface area (Å²) in [4.78, 5) is 4.17. The Bertz CT molecular complexity index is 284. The minimum Gasteiger partial charge on any atom is -0.380 e. The normalized spacial score (nSPS) is 11.2. The predicted molar refractivity (Wildman–Crippen MR) is 65.3 cm³/mol. The summed E-state index contributed by atoms with van der Waals surface area (Å²) in [7, 11) is 0. The first-order valence-corrected chi connectivity index (χ1v) is 6.01. The number of rotatable bonds is 8. The summed E-state index contributed by atoms with van der Waals surface area (Å²) in [5, 5.41) is 3.42. The number of nitrogens with zero attached hydrogens (tertiary/aromatic N) is 2. The lowest BCUT2D eigenvalue weighted by molar-refractivity contribution is 0.138. The highest BCUT2D eigenvalue weighted by molar-refractivity contribution is 4.97. The molecular weight excluding hydrogens is 202 g/mol. The third-order valence-corrected chi connectivity index (χ3v) is 2.34. The lowest BCUT2D eigenvalue weighted by Crippen LogP contribution is -2.21. The molecule has 0 radical (unpaired) electrons. The molecule has 92 valence electrons. The molecule has 1 aromatic heterocycles. The van der Waals surface area contributed by atoms with Crippen LogP contribution in [0.25, 0.3) is 0 Å². The molecule has 0 fully saturated rings. The summed E-state index contributed by atoms with van der Waals surface area (Å²) in [6, 6.07) is 0. The van der Waals surface area contributed by atoms with E-state index in [0.29, 0.717) is 5.92 Å². The third-order valence-electron chi connectivity index (χ3n) is 2.34. The smallest absolute Gasteiger partial charge is 0.0949 e. The van der Waals surface area contributed by atoms with Crippen molar-refractivity contribution in [2.24, 2.45) is 5.92 Å². The second-order valence-electron chi connectivity index (χ2n) is 4.30. The summed E-state index contributed by atoms with van der Waals surface area (Å²) in [5.41, 5.74) is 1.22. The van der Waals surface area contributed by atoms with Gasteiger partial charge >= 0.3 is 0 Å². The van der Waals surface area contributed by atoms with Gasteiger partial charge in [-0.3, -0.25) is 0 Å². The molecule has 0 aliphatic heterocycles. The van der Waals surface area contributed by atoms with E-state index < -0.39 is 0 Å². The van der Waals surface area contributed by atoms with Gasteiger partial charge in [-0.2, -0.15) is 0 Å². The van der Waals surface area contributed by atoms with Gasteiger partial charge in [-0.25, -0.2) is 4.98 Å². The van der Waals surface area contributed by atoms with Crippen molar-refractivity contribution in [2.45, 2.75) is 33.9 Å². The van der Waals surface area contributed by atoms with Gasteiger partial charge in [0.25, 0.3) is 0 Å². The fourth-order valence-electron chi connectivity index (χ4n) is 1.49. The largest absolute Gasteiger partial charge is 0.380 e. The quantitative estimate of drug-likeness (QED) is 0.684. The van der Waals surface area contributed by atoms with Crippen molar-refractivity contribution in [1.29, 1.82) is 0 Å². The van der Waals surface area contributed by atoms with E-state index in [0.717, 1.165) is 32.8 Å². The van der Waals surface area contributed by atoms with Crippen LogP contribution < -0.4 is 5.32 Å². The van der Waals surface area contributed by atoms with E-state index in [1.54, 1.807) is 0 Å². The third kappa shape index (κ3) is 4.77. The number of nitrogens with one attached hydrogen (secondary N) is 1. The lowest BCUT2D eigenvalue weighted by atomic mass is 10.2. The summed E-state index contributed by atoms with van der Waals surface area (Å²) < 4.78 is 7.48. The van der Waals surface area contributed by atoms with Crippen molar-refractivity contribution in [3.05, 3.63) is 18.2 Å². The summed E-state index contributed by atoms with van der Waals surface area (Å²) in [5.74, 6) is 0.680. The highest BCUT2D eigenvalue weighted by atomic mass is 16.5. The van der Waals surface area contributed by atoms with Crippen molar-refractivity contribution in [1.82, 2.24) is 14.9 Å². The van der Waals surface area contributed by atoms with Gasteiger partial charge in [0, 0.05) is 25.9 Å². The molecule has 0 saturated heterocycles. The summed E-state index contributed by atoms with van der Waals surface area (Å²) >= 11 is 0. The van der Waals surface area contributed by atoms with Crippen LogP contribution in [-0.2, 0) is 17.8 Å². The standard InChI is InChI=1S/C12H23N3O/c1-4-16-6-5-15-10-14-9-12(15)8-13-7-11(2)3/h9-11,13H,4-8H2,1-3H3. The Morgan fingerprint density at radius 3 is 3.00 bits per heavy atom. The van der Waals surface area contributed by atoms with E-state index in [1.807, 2.05) is 19.4 Å². The van der Waals surface area contributed by atoms with Crippen LogP contribution in [0.3, 0.4) is 0 Å². The molecule has 1 rings (SSSR count). The van der Waals surface area contributed by atoms with E-state index in [-0.39, 0.29) is 0 Å². The molecule has 0 spiro atoms. The SMILES string of the molecule is CCOCCn1cncc1CNCC(C)C. The predicted octanol–water partition coefficient (Wildman–Crippen LogP) is 1.67. The molecule has 1 heterocycles. The van der Waals surface area contributed by atoms with Gasteiger partial charge in [0.2, 0.25) is 0 Å². The Balaban J connectivity index is 2.32. The van der Waals surface area contributed by atoms with Gasteiger partial charge in [0.1, 0.15) is 0 Å². The van der Waals surface area contributed by atoms with E-state index in [4.69, 9.17) is 4.74 Å². The lowest BCUT2D eigenvalue weighted by Gasteiger charge is -2.10. The maximum atomic E-state index is 5.34. The van der Waals surface area contributed by atoms with Gasteiger partial charge in [0.15, 0.2) is 0 Å². The first-order valence-electron chi connectivity index (χ1n) is 6.01. The molecule has 0 aliphatic rings. The maximum absolute atomic E-state index is 5.34. The second-order valence-corrected chi connectivity index (χ2v) is 4.30. The Labute approximate surface area is 98.0 Å². The summed E-state index contributed by atoms with van der Waals surface area (Å²) in [6.45, 7) is 10.8. The van der Waals surface area contributed by atoms with Gasteiger partial charge in [-0.15, -0.1) is 0 Å². The number of hydrogen-bond donors (Lipinski definition) is 1. The fourth-order valence-corrected chi connectivity index (χ4v) is 1.49. The minimum atomic E-state index is 0.680. The fraction of sp³-hybridized carbons (Fsp3) is 0.750. The van der Waals surface area contributed by atoms with Crippen LogP contribution in [0.5, 0.6) is 0 Å².